The molecule has 7 nitrogen and oxygen atoms in total. The molecule has 0 unspecified atom stereocenters. The monoisotopic (exact) mass is 393 g/mol. The summed E-state index contributed by atoms with van der Waals surface area (Å²) in [5.74, 6) is -0.315. The number of aromatic hydroxyl groups is 1. The predicted octanol–water partition coefficient (Wildman–Crippen LogP) is 4.94. The van der Waals surface area contributed by atoms with Crippen LogP contribution >= 0.6 is 0 Å². The molecule has 0 saturated heterocycles. The maximum Gasteiger partial charge on any atom is 0.295 e. The van der Waals surface area contributed by atoms with Gasteiger partial charge in [-0.2, -0.15) is 8.42 Å². The maximum absolute atomic E-state index is 11.6. The van der Waals surface area contributed by atoms with Gasteiger partial charge >= 0.3 is 0 Å². The van der Waals surface area contributed by atoms with E-state index >= 15 is 0 Å². The first kappa shape index (κ1) is 17.9. The molecule has 4 N–H and O–H groups in total. The highest BCUT2D eigenvalue weighted by molar-refractivity contribution is 7.86. The Kier molecular flexibility index (Phi) is 4.21. The van der Waals surface area contributed by atoms with Crippen LogP contribution in [0.3, 0.4) is 0 Å². The largest absolute Gasteiger partial charge is 0.505 e. The Morgan fingerprint density at radius 3 is 2.29 bits per heavy atom. The highest BCUT2D eigenvalue weighted by atomic mass is 32.2. The number of phenols is 1. The van der Waals surface area contributed by atoms with Crippen molar-refractivity contribution >= 4 is 48.7 Å². The van der Waals surface area contributed by atoms with E-state index in [1.165, 1.54) is 24.3 Å². The number of nitrogens with two attached hydrogens (primary N) is 1. The number of hydrogen-bond acceptors (Lipinski definition) is 6. The number of anilines is 1. The van der Waals surface area contributed by atoms with Crippen molar-refractivity contribution < 1.29 is 18.1 Å². The number of hydrogen-bond donors (Lipinski definition) is 3. The maximum atomic E-state index is 11.6. The van der Waals surface area contributed by atoms with Gasteiger partial charge < -0.3 is 10.8 Å². The average molecular weight is 393 g/mol. The zero-order chi connectivity index (χ0) is 19.9. The Bertz CT molecular complexity index is 1360. The zero-order valence-corrected chi connectivity index (χ0v) is 15.3. The molecule has 28 heavy (non-hydrogen) atoms. The standard InChI is InChI=1S/C20H15N3O4S/c21-15-9-11-18(28(25,26)27)14-8-10-17(20(24)19(14)15)23-22-16-7-3-5-12-4-1-2-6-13(12)16/h1-11,24H,21H2,(H,25,26,27). The van der Waals surface area contributed by atoms with E-state index in [9.17, 15) is 18.1 Å². The molecule has 4 aromatic carbocycles. The topological polar surface area (TPSA) is 125 Å². The van der Waals surface area contributed by atoms with Gasteiger partial charge in [0.25, 0.3) is 10.1 Å². The molecule has 0 aliphatic carbocycles. The summed E-state index contributed by atoms with van der Waals surface area (Å²) >= 11 is 0. The second-order valence-corrected chi connectivity index (χ2v) is 7.57. The minimum atomic E-state index is -4.48. The number of rotatable bonds is 3. The first-order chi connectivity index (χ1) is 13.4. The van der Waals surface area contributed by atoms with Crippen molar-refractivity contribution in [1.29, 1.82) is 0 Å². The summed E-state index contributed by atoms with van der Waals surface area (Å²) in [4.78, 5) is -0.343. The van der Waals surface area contributed by atoms with Gasteiger partial charge in [-0.3, -0.25) is 4.55 Å². The SMILES string of the molecule is Nc1ccc(S(=O)(=O)O)c2ccc(N=Nc3cccc4ccccc34)c(O)c12. The molecule has 140 valence electrons. The van der Waals surface area contributed by atoms with Crippen LogP contribution in [-0.2, 0) is 10.1 Å². The van der Waals surface area contributed by atoms with Gasteiger partial charge in [0.2, 0.25) is 0 Å². The summed E-state index contributed by atoms with van der Waals surface area (Å²) in [6.07, 6.45) is 0. The van der Waals surface area contributed by atoms with Crippen molar-refractivity contribution in [3.05, 3.63) is 66.7 Å². The fourth-order valence-electron chi connectivity index (χ4n) is 3.13. The molecule has 0 saturated carbocycles. The predicted molar refractivity (Wildman–Crippen MR) is 108 cm³/mol. The highest BCUT2D eigenvalue weighted by Crippen LogP contribution is 2.41. The summed E-state index contributed by atoms with van der Waals surface area (Å²) in [5.41, 5.74) is 6.81. The molecule has 0 amide bonds. The molecule has 0 radical (unpaired) electrons. The average Bonchev–Trinajstić information content (AvgIpc) is 2.66. The first-order valence-corrected chi connectivity index (χ1v) is 9.71. The molecule has 8 heteroatoms. The van der Waals surface area contributed by atoms with Crippen molar-refractivity contribution in [1.82, 2.24) is 0 Å². The van der Waals surface area contributed by atoms with Crippen LogP contribution in [0.2, 0.25) is 0 Å². The van der Waals surface area contributed by atoms with E-state index in [2.05, 4.69) is 10.2 Å². The van der Waals surface area contributed by atoms with Gasteiger partial charge in [0.15, 0.2) is 5.75 Å². The fourth-order valence-corrected chi connectivity index (χ4v) is 3.81. The van der Waals surface area contributed by atoms with Gasteiger partial charge in [-0.1, -0.05) is 42.5 Å². The van der Waals surface area contributed by atoms with Crippen LogP contribution in [0.25, 0.3) is 21.5 Å². The van der Waals surface area contributed by atoms with E-state index < -0.39 is 10.1 Å². The highest BCUT2D eigenvalue weighted by Gasteiger charge is 2.19. The minimum Gasteiger partial charge on any atom is -0.505 e. The van der Waals surface area contributed by atoms with Gasteiger partial charge in [-0.15, -0.1) is 10.2 Å². The van der Waals surface area contributed by atoms with E-state index in [0.29, 0.717) is 5.69 Å². The van der Waals surface area contributed by atoms with E-state index in [-0.39, 0.29) is 32.8 Å². The van der Waals surface area contributed by atoms with Gasteiger partial charge in [0.05, 0.1) is 11.1 Å². The molecule has 4 rings (SSSR count). The van der Waals surface area contributed by atoms with Crippen LogP contribution < -0.4 is 5.73 Å². The van der Waals surface area contributed by atoms with Gasteiger partial charge in [0.1, 0.15) is 10.6 Å². The lowest BCUT2D eigenvalue weighted by Crippen LogP contribution is -2.00. The second-order valence-electron chi connectivity index (χ2n) is 6.18. The zero-order valence-electron chi connectivity index (χ0n) is 14.4. The molecule has 0 aliphatic heterocycles. The Balaban J connectivity index is 1.87. The van der Waals surface area contributed by atoms with Gasteiger partial charge in [0, 0.05) is 16.5 Å². The van der Waals surface area contributed by atoms with Crippen LogP contribution in [0.1, 0.15) is 0 Å². The lowest BCUT2D eigenvalue weighted by atomic mass is 10.1. The molecule has 0 aliphatic rings. The number of phenolic OH excluding ortho intramolecular Hbond substituents is 1. The summed E-state index contributed by atoms with van der Waals surface area (Å²) in [5, 5.41) is 21.0. The number of fused-ring (bicyclic) bond motifs is 2. The minimum absolute atomic E-state index is 0.0875. The first-order valence-electron chi connectivity index (χ1n) is 8.27. The van der Waals surface area contributed by atoms with E-state index in [1.807, 2.05) is 36.4 Å². The van der Waals surface area contributed by atoms with Crippen molar-refractivity contribution in [3.8, 4) is 5.75 Å². The number of nitrogens with zero attached hydrogens (tertiary/aromatic N) is 2. The molecule has 0 heterocycles. The summed E-state index contributed by atoms with van der Waals surface area (Å²) in [7, 11) is -4.48. The smallest absolute Gasteiger partial charge is 0.295 e. The molecule has 0 aromatic heterocycles. The fraction of sp³-hybridized carbons (Fsp3) is 0. The van der Waals surface area contributed by atoms with Crippen LogP contribution in [0, 0.1) is 0 Å². The van der Waals surface area contributed by atoms with E-state index in [4.69, 9.17) is 5.73 Å². The Morgan fingerprint density at radius 1 is 0.786 bits per heavy atom. The lowest BCUT2D eigenvalue weighted by Gasteiger charge is -2.10. The molecule has 0 fully saturated rings. The summed E-state index contributed by atoms with van der Waals surface area (Å²) in [6, 6.07) is 18.6. The third-order valence-electron chi connectivity index (χ3n) is 4.44. The Morgan fingerprint density at radius 2 is 1.50 bits per heavy atom. The molecular formula is C20H15N3O4S. The molecule has 0 bridgehead atoms. The van der Waals surface area contributed by atoms with Crippen LogP contribution in [0.15, 0.2) is 81.9 Å². The third-order valence-corrected chi connectivity index (χ3v) is 5.35. The Hall–Kier alpha value is -3.49. The van der Waals surface area contributed by atoms with Crippen LogP contribution in [0.5, 0.6) is 5.75 Å². The van der Waals surface area contributed by atoms with Crippen molar-refractivity contribution in [3.63, 3.8) is 0 Å². The van der Waals surface area contributed by atoms with Crippen LogP contribution in [0.4, 0.5) is 17.1 Å². The summed E-state index contributed by atoms with van der Waals surface area (Å²) in [6.45, 7) is 0. The normalized spacial score (nSPS) is 12.2. The molecule has 0 atom stereocenters. The quantitative estimate of drug-likeness (QED) is 0.258. The van der Waals surface area contributed by atoms with E-state index in [0.717, 1.165) is 10.8 Å². The van der Waals surface area contributed by atoms with E-state index in [1.54, 1.807) is 6.07 Å². The van der Waals surface area contributed by atoms with Gasteiger partial charge in [-0.25, -0.2) is 0 Å². The second kappa shape index (κ2) is 6.59. The van der Waals surface area contributed by atoms with Crippen LogP contribution in [-0.4, -0.2) is 18.1 Å². The van der Waals surface area contributed by atoms with Crippen molar-refractivity contribution in [2.75, 3.05) is 5.73 Å². The van der Waals surface area contributed by atoms with Crippen molar-refractivity contribution in [2.45, 2.75) is 4.90 Å². The van der Waals surface area contributed by atoms with Crippen molar-refractivity contribution in [2.24, 2.45) is 10.2 Å². The number of azo groups is 1. The van der Waals surface area contributed by atoms with Gasteiger partial charge in [-0.05, 0) is 29.7 Å². The Labute approximate surface area is 160 Å². The summed E-state index contributed by atoms with van der Waals surface area (Å²) < 4.78 is 32.6. The lowest BCUT2D eigenvalue weighted by molar-refractivity contribution is 0.482. The third kappa shape index (κ3) is 3.04. The number of nitrogen functional groups attached to an aromatic ring is 1. The number of benzene rings is 4. The molecule has 4 aromatic rings. The molecular weight excluding hydrogens is 378 g/mol. The molecule has 0 spiro atoms.